The van der Waals surface area contributed by atoms with Gasteiger partial charge in [-0.25, -0.2) is 0 Å². The van der Waals surface area contributed by atoms with Crippen molar-refractivity contribution in [1.29, 1.82) is 0 Å². The van der Waals surface area contributed by atoms with Crippen LogP contribution in [0.5, 0.6) is 5.75 Å². The Balaban J connectivity index is 1.93. The van der Waals surface area contributed by atoms with Crippen molar-refractivity contribution < 1.29 is 15.0 Å². The number of hydrogen-bond acceptors (Lipinski definition) is 3. The predicted molar refractivity (Wildman–Crippen MR) is 77.8 cm³/mol. The molecular weight excluding hydrogens is 254 g/mol. The Bertz CT molecular complexity index is 475. The van der Waals surface area contributed by atoms with Crippen LogP contribution in [0.1, 0.15) is 42.4 Å². The molecular formula is C16H23NO3. The van der Waals surface area contributed by atoms with Gasteiger partial charge in [0, 0.05) is 12.6 Å². The smallest absolute Gasteiger partial charge is 0.306 e. The van der Waals surface area contributed by atoms with Crippen molar-refractivity contribution in [3.8, 4) is 5.75 Å². The molecule has 0 heterocycles. The Hall–Kier alpha value is -1.55. The lowest BCUT2D eigenvalue weighted by Gasteiger charge is -2.27. The molecule has 0 bridgehead atoms. The molecule has 2 unspecified atom stereocenters. The Morgan fingerprint density at radius 1 is 1.30 bits per heavy atom. The molecule has 4 heteroatoms. The zero-order valence-corrected chi connectivity index (χ0v) is 12.1. The van der Waals surface area contributed by atoms with Crippen molar-refractivity contribution in [3.63, 3.8) is 0 Å². The summed E-state index contributed by atoms with van der Waals surface area (Å²) < 4.78 is 0. The molecule has 1 aliphatic carbocycles. The molecule has 1 aliphatic rings. The van der Waals surface area contributed by atoms with Crippen LogP contribution in [0.3, 0.4) is 0 Å². The summed E-state index contributed by atoms with van der Waals surface area (Å²) >= 11 is 0. The summed E-state index contributed by atoms with van der Waals surface area (Å²) in [5.41, 5.74) is 2.90. The van der Waals surface area contributed by atoms with Gasteiger partial charge in [-0.05, 0) is 49.8 Å². The lowest BCUT2D eigenvalue weighted by Crippen LogP contribution is -2.36. The molecule has 4 nitrogen and oxygen atoms in total. The summed E-state index contributed by atoms with van der Waals surface area (Å²) in [4.78, 5) is 11.0. The minimum Gasteiger partial charge on any atom is -0.507 e. The fourth-order valence-electron chi connectivity index (χ4n) is 3.01. The fraction of sp³-hybridized carbons (Fsp3) is 0.562. The SMILES string of the molecule is Cc1cc(CNC2CCCC(C(=O)O)C2)cc(C)c1O. The highest BCUT2D eigenvalue weighted by molar-refractivity contribution is 5.70. The number of rotatable bonds is 4. The van der Waals surface area contributed by atoms with Gasteiger partial charge in [-0.2, -0.15) is 0 Å². The summed E-state index contributed by atoms with van der Waals surface area (Å²) in [7, 11) is 0. The number of carbonyl (C=O) groups is 1. The lowest BCUT2D eigenvalue weighted by molar-refractivity contribution is -0.143. The van der Waals surface area contributed by atoms with Crippen LogP contribution in [0.15, 0.2) is 12.1 Å². The first-order valence-electron chi connectivity index (χ1n) is 7.22. The van der Waals surface area contributed by atoms with Crippen LogP contribution in [-0.4, -0.2) is 22.2 Å². The van der Waals surface area contributed by atoms with Gasteiger partial charge in [0.1, 0.15) is 5.75 Å². The highest BCUT2D eigenvalue weighted by Gasteiger charge is 2.26. The molecule has 0 aromatic heterocycles. The van der Waals surface area contributed by atoms with E-state index in [0.29, 0.717) is 12.2 Å². The number of aromatic hydroxyl groups is 1. The third-order valence-electron chi connectivity index (χ3n) is 4.17. The van der Waals surface area contributed by atoms with Crippen molar-refractivity contribution in [2.45, 2.75) is 52.1 Å². The summed E-state index contributed by atoms with van der Waals surface area (Å²) in [5.74, 6) is -0.519. The molecule has 1 aromatic rings. The average molecular weight is 277 g/mol. The number of hydrogen-bond donors (Lipinski definition) is 3. The summed E-state index contributed by atoms with van der Waals surface area (Å²) in [6, 6.07) is 4.24. The maximum Gasteiger partial charge on any atom is 0.306 e. The number of aliphatic carboxylic acids is 1. The number of nitrogens with one attached hydrogen (secondary N) is 1. The van der Waals surface area contributed by atoms with Gasteiger partial charge in [-0.15, -0.1) is 0 Å². The second kappa shape index (κ2) is 6.27. The fourth-order valence-corrected chi connectivity index (χ4v) is 3.01. The first-order valence-corrected chi connectivity index (χ1v) is 7.22. The normalized spacial score (nSPS) is 22.7. The third kappa shape index (κ3) is 3.51. The monoisotopic (exact) mass is 277 g/mol. The Labute approximate surface area is 119 Å². The summed E-state index contributed by atoms with van der Waals surface area (Å²) in [6.07, 6.45) is 3.53. The minimum absolute atomic E-state index is 0.204. The van der Waals surface area contributed by atoms with Gasteiger partial charge in [0.2, 0.25) is 0 Å². The van der Waals surface area contributed by atoms with Gasteiger partial charge in [0.05, 0.1) is 5.92 Å². The molecule has 2 atom stereocenters. The Kier molecular flexibility index (Phi) is 4.65. The number of benzene rings is 1. The average Bonchev–Trinajstić information content (AvgIpc) is 2.42. The van der Waals surface area contributed by atoms with E-state index in [4.69, 9.17) is 5.11 Å². The van der Waals surface area contributed by atoms with E-state index >= 15 is 0 Å². The van der Waals surface area contributed by atoms with E-state index in [1.807, 2.05) is 26.0 Å². The molecule has 3 N–H and O–H groups in total. The molecule has 0 spiro atoms. The van der Waals surface area contributed by atoms with E-state index in [9.17, 15) is 9.90 Å². The topological polar surface area (TPSA) is 69.6 Å². The number of aryl methyl sites for hydroxylation is 2. The van der Waals surface area contributed by atoms with E-state index in [-0.39, 0.29) is 12.0 Å². The van der Waals surface area contributed by atoms with Crippen molar-refractivity contribution >= 4 is 5.97 Å². The largest absolute Gasteiger partial charge is 0.507 e. The van der Waals surface area contributed by atoms with Gasteiger partial charge in [0.15, 0.2) is 0 Å². The zero-order chi connectivity index (χ0) is 14.7. The van der Waals surface area contributed by atoms with Crippen molar-refractivity contribution in [3.05, 3.63) is 28.8 Å². The number of carboxylic acids is 1. The molecule has 0 aliphatic heterocycles. The molecule has 0 radical (unpaired) electrons. The summed E-state index contributed by atoms with van der Waals surface area (Å²) in [5, 5.41) is 22.3. The molecule has 1 saturated carbocycles. The third-order valence-corrected chi connectivity index (χ3v) is 4.17. The Morgan fingerprint density at radius 2 is 1.95 bits per heavy atom. The molecule has 110 valence electrons. The van der Waals surface area contributed by atoms with Gasteiger partial charge in [0.25, 0.3) is 0 Å². The summed E-state index contributed by atoms with van der Waals surface area (Å²) in [6.45, 7) is 4.51. The first-order chi connectivity index (χ1) is 9.47. The van der Waals surface area contributed by atoms with E-state index < -0.39 is 5.97 Å². The molecule has 20 heavy (non-hydrogen) atoms. The maximum absolute atomic E-state index is 11.0. The standard InChI is InChI=1S/C16H23NO3/c1-10-6-12(7-11(2)15(10)18)9-17-14-5-3-4-13(8-14)16(19)20/h6-7,13-14,17-18H,3-5,8-9H2,1-2H3,(H,19,20). The predicted octanol–water partition coefficient (Wildman–Crippen LogP) is 2.74. The molecule has 1 aromatic carbocycles. The number of carboxylic acid groups (broad SMARTS) is 1. The quantitative estimate of drug-likeness (QED) is 0.791. The Morgan fingerprint density at radius 3 is 2.55 bits per heavy atom. The van der Waals surface area contributed by atoms with E-state index in [1.165, 1.54) is 0 Å². The van der Waals surface area contributed by atoms with Crippen molar-refractivity contribution in [2.75, 3.05) is 0 Å². The van der Waals surface area contributed by atoms with Crippen LogP contribution in [-0.2, 0) is 11.3 Å². The van der Waals surface area contributed by atoms with E-state index in [1.54, 1.807) is 0 Å². The second-order valence-corrected chi connectivity index (χ2v) is 5.86. The second-order valence-electron chi connectivity index (χ2n) is 5.86. The van der Waals surface area contributed by atoms with Crippen LogP contribution in [0.25, 0.3) is 0 Å². The van der Waals surface area contributed by atoms with Crippen molar-refractivity contribution in [2.24, 2.45) is 5.92 Å². The van der Waals surface area contributed by atoms with Gasteiger partial charge in [-0.1, -0.05) is 18.6 Å². The van der Waals surface area contributed by atoms with Crippen LogP contribution in [0.2, 0.25) is 0 Å². The molecule has 2 rings (SSSR count). The van der Waals surface area contributed by atoms with Gasteiger partial charge in [-0.3, -0.25) is 4.79 Å². The zero-order valence-electron chi connectivity index (χ0n) is 12.1. The highest BCUT2D eigenvalue weighted by atomic mass is 16.4. The van der Waals surface area contributed by atoms with Gasteiger partial charge >= 0.3 is 5.97 Å². The molecule has 0 saturated heterocycles. The minimum atomic E-state index is -0.673. The van der Waals surface area contributed by atoms with E-state index in [2.05, 4.69) is 5.32 Å². The van der Waals surface area contributed by atoms with Crippen LogP contribution in [0, 0.1) is 19.8 Å². The molecule has 0 amide bonds. The molecule has 1 fully saturated rings. The van der Waals surface area contributed by atoms with Crippen molar-refractivity contribution in [1.82, 2.24) is 5.32 Å². The lowest BCUT2D eigenvalue weighted by atomic mass is 9.85. The van der Waals surface area contributed by atoms with E-state index in [0.717, 1.165) is 42.5 Å². The number of phenolic OH excluding ortho intramolecular Hbond substituents is 1. The van der Waals surface area contributed by atoms with Crippen LogP contribution in [0.4, 0.5) is 0 Å². The van der Waals surface area contributed by atoms with Crippen LogP contribution >= 0.6 is 0 Å². The number of phenols is 1. The first kappa shape index (κ1) is 14.9. The maximum atomic E-state index is 11.0. The highest BCUT2D eigenvalue weighted by Crippen LogP contribution is 2.26. The van der Waals surface area contributed by atoms with Crippen LogP contribution < -0.4 is 5.32 Å². The van der Waals surface area contributed by atoms with Gasteiger partial charge < -0.3 is 15.5 Å².